The summed E-state index contributed by atoms with van der Waals surface area (Å²) in [7, 11) is 0. The highest BCUT2D eigenvalue weighted by Crippen LogP contribution is 2.49. The molecule has 0 spiro atoms. The minimum Gasteiger partial charge on any atom is -0.508 e. The molecule has 4 unspecified atom stereocenters. The highest BCUT2D eigenvalue weighted by molar-refractivity contribution is 5.51. The van der Waals surface area contributed by atoms with Gasteiger partial charge in [0.15, 0.2) is 0 Å². The number of aryl methyl sites for hydroxylation is 1. The Kier molecular flexibility index (Phi) is 3.06. The average molecular weight is 260 g/mol. The number of fused-ring (bicyclic) bond motifs is 1. The summed E-state index contributed by atoms with van der Waals surface area (Å²) in [5.41, 5.74) is 9.98. The van der Waals surface area contributed by atoms with Crippen molar-refractivity contribution in [3.8, 4) is 5.75 Å². The van der Waals surface area contributed by atoms with Gasteiger partial charge in [0.2, 0.25) is 0 Å². The minimum absolute atomic E-state index is 0.270. The first kappa shape index (κ1) is 12.9. The number of phenolic OH excluding ortho intramolecular Hbond substituents is 1. The lowest BCUT2D eigenvalue weighted by Crippen LogP contribution is -2.30. The van der Waals surface area contributed by atoms with Crippen molar-refractivity contribution in [2.24, 2.45) is 11.7 Å². The Morgan fingerprint density at radius 2 is 1.95 bits per heavy atom. The molecule has 3 N–H and O–H groups in total. The van der Waals surface area contributed by atoms with E-state index in [2.05, 4.69) is 25.7 Å². The third kappa shape index (κ3) is 1.96. The summed E-state index contributed by atoms with van der Waals surface area (Å²) >= 11 is 0. The summed E-state index contributed by atoms with van der Waals surface area (Å²) in [6, 6.07) is 4.50. The zero-order chi connectivity index (χ0) is 13.7. The first-order chi connectivity index (χ1) is 8.99. The van der Waals surface area contributed by atoms with Crippen molar-refractivity contribution >= 4 is 0 Å². The average Bonchev–Trinajstić information content (AvgIpc) is 2.87. The number of likely N-dealkylation sites (tertiary alicyclic amines) is 1. The molecule has 0 bridgehead atoms. The van der Waals surface area contributed by atoms with Crippen LogP contribution in [0.2, 0.25) is 0 Å². The Labute approximate surface area is 115 Å². The van der Waals surface area contributed by atoms with E-state index in [9.17, 15) is 5.11 Å². The van der Waals surface area contributed by atoms with Crippen molar-refractivity contribution < 1.29 is 5.11 Å². The molecule has 104 valence electrons. The quantitative estimate of drug-likeness (QED) is 0.816. The Morgan fingerprint density at radius 3 is 2.58 bits per heavy atom. The van der Waals surface area contributed by atoms with E-state index in [1.807, 2.05) is 12.1 Å². The molecule has 0 aromatic heterocycles. The maximum absolute atomic E-state index is 10.3. The smallest absolute Gasteiger partial charge is 0.120 e. The molecule has 0 amide bonds. The summed E-state index contributed by atoms with van der Waals surface area (Å²) < 4.78 is 0. The van der Waals surface area contributed by atoms with Gasteiger partial charge in [-0.25, -0.2) is 0 Å². The second-order valence-corrected chi connectivity index (χ2v) is 6.48. The van der Waals surface area contributed by atoms with Crippen molar-refractivity contribution in [3.63, 3.8) is 0 Å². The molecule has 0 radical (unpaired) electrons. The SMILES string of the molecule is Cc1ccc(O)c2c1C(C)CC2N1CC(C)C(N)C1. The van der Waals surface area contributed by atoms with Gasteiger partial charge in [0.25, 0.3) is 0 Å². The molecule has 1 aliphatic carbocycles. The largest absolute Gasteiger partial charge is 0.508 e. The van der Waals surface area contributed by atoms with Crippen LogP contribution in [0.1, 0.15) is 48.9 Å². The van der Waals surface area contributed by atoms with Crippen LogP contribution in [0, 0.1) is 12.8 Å². The lowest BCUT2D eigenvalue weighted by molar-refractivity contribution is 0.227. The first-order valence-corrected chi connectivity index (χ1v) is 7.31. The normalized spacial score (nSPS) is 34.7. The van der Waals surface area contributed by atoms with Gasteiger partial charge in [-0.1, -0.05) is 19.9 Å². The van der Waals surface area contributed by atoms with Crippen LogP contribution in [0.5, 0.6) is 5.75 Å². The second kappa shape index (κ2) is 4.50. The van der Waals surface area contributed by atoms with Gasteiger partial charge in [0, 0.05) is 30.7 Å². The number of rotatable bonds is 1. The molecular weight excluding hydrogens is 236 g/mol. The minimum atomic E-state index is 0.270. The third-order valence-corrected chi connectivity index (χ3v) is 5.02. The molecule has 3 nitrogen and oxygen atoms in total. The summed E-state index contributed by atoms with van der Waals surface area (Å²) in [6.45, 7) is 8.64. The van der Waals surface area contributed by atoms with Gasteiger partial charge in [0.1, 0.15) is 5.75 Å². The predicted octanol–water partition coefficient (Wildman–Crippen LogP) is 2.53. The lowest BCUT2D eigenvalue weighted by Gasteiger charge is -2.25. The monoisotopic (exact) mass is 260 g/mol. The number of nitrogens with two attached hydrogens (primary N) is 1. The van der Waals surface area contributed by atoms with Crippen molar-refractivity contribution in [2.75, 3.05) is 13.1 Å². The first-order valence-electron chi connectivity index (χ1n) is 7.31. The van der Waals surface area contributed by atoms with Crippen LogP contribution >= 0.6 is 0 Å². The van der Waals surface area contributed by atoms with Crippen LogP contribution in [0.15, 0.2) is 12.1 Å². The number of phenols is 1. The van der Waals surface area contributed by atoms with Crippen molar-refractivity contribution in [1.29, 1.82) is 0 Å². The number of hydrogen-bond donors (Lipinski definition) is 2. The predicted molar refractivity (Wildman–Crippen MR) is 77.3 cm³/mol. The van der Waals surface area contributed by atoms with Crippen LogP contribution < -0.4 is 5.73 Å². The standard InChI is InChI=1S/C16H24N2O/c1-9-4-5-14(19)16-13(6-10(2)15(9)16)18-7-11(3)12(17)8-18/h4-5,10-13,19H,6-8,17H2,1-3H3. The van der Waals surface area contributed by atoms with Crippen LogP contribution in [0.3, 0.4) is 0 Å². The molecule has 1 aromatic carbocycles. The van der Waals surface area contributed by atoms with Gasteiger partial charge >= 0.3 is 0 Å². The van der Waals surface area contributed by atoms with E-state index in [1.165, 1.54) is 11.1 Å². The number of benzene rings is 1. The molecule has 1 aliphatic heterocycles. The van der Waals surface area contributed by atoms with E-state index in [0.717, 1.165) is 25.1 Å². The van der Waals surface area contributed by atoms with Gasteiger partial charge in [-0.3, -0.25) is 4.90 Å². The fourth-order valence-electron chi connectivity index (χ4n) is 3.93. The van der Waals surface area contributed by atoms with Gasteiger partial charge < -0.3 is 10.8 Å². The van der Waals surface area contributed by atoms with E-state index in [0.29, 0.717) is 23.6 Å². The Balaban J connectivity index is 1.98. The molecule has 1 aromatic rings. The van der Waals surface area contributed by atoms with E-state index in [-0.39, 0.29) is 6.04 Å². The van der Waals surface area contributed by atoms with Gasteiger partial charge in [0.05, 0.1) is 0 Å². The molecule has 1 fully saturated rings. The summed E-state index contributed by atoms with van der Waals surface area (Å²) in [5, 5.41) is 10.3. The molecule has 19 heavy (non-hydrogen) atoms. The molecular formula is C16H24N2O. The van der Waals surface area contributed by atoms with E-state index >= 15 is 0 Å². The molecule has 3 rings (SSSR count). The third-order valence-electron chi connectivity index (χ3n) is 5.02. The molecule has 2 aliphatic rings. The number of aromatic hydroxyl groups is 1. The van der Waals surface area contributed by atoms with Gasteiger partial charge in [-0.15, -0.1) is 0 Å². The maximum atomic E-state index is 10.3. The zero-order valence-electron chi connectivity index (χ0n) is 12.1. The fraction of sp³-hybridized carbons (Fsp3) is 0.625. The van der Waals surface area contributed by atoms with Crippen molar-refractivity contribution in [2.45, 2.75) is 45.2 Å². The van der Waals surface area contributed by atoms with E-state index in [4.69, 9.17) is 5.73 Å². The molecule has 1 heterocycles. The highest BCUT2D eigenvalue weighted by Gasteiger charge is 2.39. The van der Waals surface area contributed by atoms with Gasteiger partial charge in [-0.05, 0) is 42.4 Å². The summed E-state index contributed by atoms with van der Waals surface area (Å²) in [6.07, 6.45) is 1.10. The Hall–Kier alpha value is -1.06. The molecule has 3 heteroatoms. The second-order valence-electron chi connectivity index (χ2n) is 6.48. The van der Waals surface area contributed by atoms with Crippen molar-refractivity contribution in [1.82, 2.24) is 4.90 Å². The van der Waals surface area contributed by atoms with Gasteiger partial charge in [-0.2, -0.15) is 0 Å². The zero-order valence-corrected chi connectivity index (χ0v) is 12.1. The molecule has 4 atom stereocenters. The van der Waals surface area contributed by atoms with Crippen LogP contribution in [0.4, 0.5) is 0 Å². The summed E-state index contributed by atoms with van der Waals surface area (Å²) in [5.74, 6) is 1.54. The Bertz CT molecular complexity index is 490. The maximum Gasteiger partial charge on any atom is 0.120 e. The Morgan fingerprint density at radius 1 is 1.21 bits per heavy atom. The summed E-state index contributed by atoms with van der Waals surface area (Å²) in [4.78, 5) is 2.47. The molecule has 1 saturated heterocycles. The van der Waals surface area contributed by atoms with E-state index in [1.54, 1.807) is 0 Å². The number of nitrogens with zero attached hydrogens (tertiary/aromatic N) is 1. The van der Waals surface area contributed by atoms with Crippen LogP contribution in [-0.2, 0) is 0 Å². The van der Waals surface area contributed by atoms with Crippen LogP contribution in [0.25, 0.3) is 0 Å². The highest BCUT2D eigenvalue weighted by atomic mass is 16.3. The fourth-order valence-corrected chi connectivity index (χ4v) is 3.93. The topological polar surface area (TPSA) is 49.5 Å². The number of hydrogen-bond acceptors (Lipinski definition) is 3. The van der Waals surface area contributed by atoms with E-state index < -0.39 is 0 Å². The van der Waals surface area contributed by atoms with Crippen molar-refractivity contribution in [3.05, 3.63) is 28.8 Å². The molecule has 0 saturated carbocycles. The van der Waals surface area contributed by atoms with Crippen LogP contribution in [-0.4, -0.2) is 29.1 Å². The lowest BCUT2D eigenvalue weighted by atomic mass is 9.97.